The number of nitrogens with one attached hydrogen (secondary N) is 1. The number of sulfonamides is 1. The second-order valence-electron chi connectivity index (χ2n) is 5.64. The summed E-state index contributed by atoms with van der Waals surface area (Å²) in [7, 11) is -3.64. The van der Waals surface area contributed by atoms with Crippen molar-refractivity contribution in [3.05, 3.63) is 69.5 Å². The summed E-state index contributed by atoms with van der Waals surface area (Å²) in [5.41, 5.74) is 2.28. The van der Waals surface area contributed by atoms with Gasteiger partial charge in [0.2, 0.25) is 21.7 Å². The predicted octanol–water partition coefficient (Wildman–Crippen LogP) is 3.97. The van der Waals surface area contributed by atoms with Crippen LogP contribution in [-0.4, -0.2) is 18.6 Å². The Hall–Kier alpha value is -1.93. The minimum Gasteiger partial charge on any atom is -0.338 e. The molecule has 3 rings (SSSR count). The van der Waals surface area contributed by atoms with Crippen LogP contribution in [0.2, 0.25) is 10.0 Å². The van der Waals surface area contributed by atoms with E-state index in [9.17, 15) is 8.42 Å². The van der Waals surface area contributed by atoms with Crippen molar-refractivity contribution < 1.29 is 12.9 Å². The fraction of sp³-hybridized carbons (Fsp3) is 0.176. The monoisotopic (exact) mass is 411 g/mol. The van der Waals surface area contributed by atoms with E-state index in [0.717, 1.165) is 11.1 Å². The van der Waals surface area contributed by atoms with E-state index < -0.39 is 10.0 Å². The van der Waals surface area contributed by atoms with Crippen LogP contribution in [0.4, 0.5) is 0 Å². The maximum Gasteiger partial charge on any atom is 0.242 e. The van der Waals surface area contributed by atoms with Crippen LogP contribution in [0.25, 0.3) is 11.4 Å². The summed E-state index contributed by atoms with van der Waals surface area (Å²) in [4.78, 5) is 4.23. The third-order valence-corrected chi connectivity index (χ3v) is 5.52. The Labute approximate surface area is 161 Å². The molecule has 0 saturated carbocycles. The summed E-state index contributed by atoms with van der Waals surface area (Å²) in [6.07, 6.45) is 0. The molecule has 2 aromatic carbocycles. The number of hydrogen-bond donors (Lipinski definition) is 1. The highest BCUT2D eigenvalue weighted by Crippen LogP contribution is 2.23. The van der Waals surface area contributed by atoms with Crippen molar-refractivity contribution >= 4 is 33.2 Å². The Kier molecular flexibility index (Phi) is 5.62. The fourth-order valence-electron chi connectivity index (χ4n) is 2.33. The number of benzene rings is 2. The van der Waals surface area contributed by atoms with Gasteiger partial charge >= 0.3 is 0 Å². The van der Waals surface area contributed by atoms with Gasteiger partial charge in [-0.1, -0.05) is 58.7 Å². The van der Waals surface area contributed by atoms with E-state index in [1.807, 2.05) is 31.2 Å². The summed E-state index contributed by atoms with van der Waals surface area (Å²) in [6.45, 7) is 1.83. The molecule has 6 nitrogen and oxygen atoms in total. The van der Waals surface area contributed by atoms with Gasteiger partial charge in [-0.15, -0.1) is 0 Å². The smallest absolute Gasteiger partial charge is 0.242 e. The minimum atomic E-state index is -3.64. The minimum absolute atomic E-state index is 0.105. The molecule has 0 radical (unpaired) electrons. The maximum atomic E-state index is 12.2. The molecule has 0 spiro atoms. The van der Waals surface area contributed by atoms with Crippen molar-refractivity contribution in [1.82, 2.24) is 14.9 Å². The second-order valence-corrected chi connectivity index (χ2v) is 8.29. The Morgan fingerprint density at radius 2 is 1.92 bits per heavy atom. The van der Waals surface area contributed by atoms with Crippen molar-refractivity contribution in [2.24, 2.45) is 0 Å². The molecule has 0 amide bonds. The first-order chi connectivity index (χ1) is 12.3. The first-order valence-electron chi connectivity index (χ1n) is 7.64. The fourth-order valence-corrected chi connectivity index (χ4v) is 3.99. The number of nitrogens with zero attached hydrogens (tertiary/aromatic N) is 2. The van der Waals surface area contributed by atoms with Gasteiger partial charge in [0.05, 0.1) is 12.3 Å². The van der Waals surface area contributed by atoms with Gasteiger partial charge in [-0.2, -0.15) is 4.98 Å². The van der Waals surface area contributed by atoms with Crippen LogP contribution in [0.15, 0.2) is 47.0 Å². The largest absolute Gasteiger partial charge is 0.338 e. The zero-order valence-electron chi connectivity index (χ0n) is 13.7. The number of hydrogen-bond acceptors (Lipinski definition) is 5. The van der Waals surface area contributed by atoms with Crippen LogP contribution in [-0.2, 0) is 22.3 Å². The Morgan fingerprint density at radius 3 is 2.65 bits per heavy atom. The van der Waals surface area contributed by atoms with E-state index in [1.165, 1.54) is 6.07 Å². The zero-order valence-corrected chi connectivity index (χ0v) is 16.1. The van der Waals surface area contributed by atoms with Gasteiger partial charge in [-0.3, -0.25) is 0 Å². The quantitative estimate of drug-likeness (QED) is 0.662. The van der Waals surface area contributed by atoms with Gasteiger partial charge in [-0.25, -0.2) is 13.1 Å². The average Bonchev–Trinajstić information content (AvgIpc) is 3.05. The lowest BCUT2D eigenvalue weighted by atomic mass is 10.1. The van der Waals surface area contributed by atoms with Crippen LogP contribution in [0.3, 0.4) is 0 Å². The van der Waals surface area contributed by atoms with Crippen LogP contribution in [0.5, 0.6) is 0 Å². The molecular formula is C17H15Cl2N3O3S. The first-order valence-corrected chi connectivity index (χ1v) is 10.0. The van der Waals surface area contributed by atoms with E-state index in [-0.39, 0.29) is 18.2 Å². The molecule has 136 valence electrons. The highest BCUT2D eigenvalue weighted by atomic mass is 35.5. The average molecular weight is 412 g/mol. The highest BCUT2D eigenvalue weighted by molar-refractivity contribution is 7.88. The van der Waals surface area contributed by atoms with Gasteiger partial charge in [0.15, 0.2) is 0 Å². The lowest BCUT2D eigenvalue weighted by Gasteiger charge is -2.06. The van der Waals surface area contributed by atoms with Crippen LogP contribution >= 0.6 is 23.2 Å². The van der Waals surface area contributed by atoms with Crippen molar-refractivity contribution in [2.45, 2.75) is 19.2 Å². The molecule has 0 fully saturated rings. The predicted molar refractivity (Wildman–Crippen MR) is 100 cm³/mol. The molecule has 9 heteroatoms. The highest BCUT2D eigenvalue weighted by Gasteiger charge is 2.17. The van der Waals surface area contributed by atoms with Gasteiger partial charge < -0.3 is 4.52 Å². The third-order valence-electron chi connectivity index (χ3n) is 3.66. The molecule has 1 aromatic heterocycles. The Balaban J connectivity index is 1.68. The molecule has 26 heavy (non-hydrogen) atoms. The normalized spacial score (nSPS) is 11.7. The van der Waals surface area contributed by atoms with E-state index >= 15 is 0 Å². The summed E-state index contributed by atoms with van der Waals surface area (Å²) in [5, 5.41) is 4.64. The number of aromatic nitrogens is 2. The summed E-state index contributed by atoms with van der Waals surface area (Å²) in [6, 6.07) is 12.3. The van der Waals surface area contributed by atoms with E-state index in [4.69, 9.17) is 27.7 Å². The lowest BCUT2D eigenvalue weighted by molar-refractivity contribution is 0.376. The Bertz CT molecular complexity index is 1040. The molecule has 0 bridgehead atoms. The van der Waals surface area contributed by atoms with Gasteiger partial charge in [0.25, 0.3) is 0 Å². The molecule has 1 heterocycles. The molecule has 1 N–H and O–H groups in total. The van der Waals surface area contributed by atoms with E-state index in [1.54, 1.807) is 12.1 Å². The molecule has 0 aliphatic carbocycles. The molecule has 0 atom stereocenters. The maximum absolute atomic E-state index is 12.2. The van der Waals surface area contributed by atoms with Gasteiger partial charge in [-0.05, 0) is 30.2 Å². The Morgan fingerprint density at radius 1 is 1.15 bits per heavy atom. The molecule has 0 saturated heterocycles. The third kappa shape index (κ3) is 4.62. The SMILES string of the molecule is Cc1ccccc1-c1noc(CNS(=O)(=O)Cc2ccc(Cl)cc2Cl)n1. The second kappa shape index (κ2) is 7.75. The van der Waals surface area contributed by atoms with Crippen LogP contribution in [0.1, 0.15) is 17.0 Å². The number of aryl methyl sites for hydroxylation is 1. The van der Waals surface area contributed by atoms with E-state index in [0.29, 0.717) is 21.4 Å². The van der Waals surface area contributed by atoms with Crippen molar-refractivity contribution in [3.8, 4) is 11.4 Å². The molecule has 0 aliphatic rings. The zero-order chi connectivity index (χ0) is 18.7. The molecular weight excluding hydrogens is 397 g/mol. The number of halogens is 2. The lowest BCUT2D eigenvalue weighted by Crippen LogP contribution is -2.25. The van der Waals surface area contributed by atoms with Crippen molar-refractivity contribution in [1.29, 1.82) is 0 Å². The summed E-state index contributed by atoms with van der Waals surface area (Å²) in [5.74, 6) is 0.314. The van der Waals surface area contributed by atoms with E-state index in [2.05, 4.69) is 14.9 Å². The first kappa shape index (κ1) is 18.8. The molecule has 3 aromatic rings. The van der Waals surface area contributed by atoms with Gasteiger partial charge in [0, 0.05) is 15.6 Å². The topological polar surface area (TPSA) is 85.1 Å². The summed E-state index contributed by atoms with van der Waals surface area (Å²) >= 11 is 11.8. The van der Waals surface area contributed by atoms with Crippen LogP contribution in [0, 0.1) is 6.92 Å². The van der Waals surface area contributed by atoms with Crippen molar-refractivity contribution in [3.63, 3.8) is 0 Å². The molecule has 0 aliphatic heterocycles. The van der Waals surface area contributed by atoms with Crippen molar-refractivity contribution in [2.75, 3.05) is 0 Å². The number of rotatable bonds is 6. The summed E-state index contributed by atoms with van der Waals surface area (Å²) < 4.78 is 32.1. The van der Waals surface area contributed by atoms with Gasteiger partial charge in [0.1, 0.15) is 0 Å². The van der Waals surface area contributed by atoms with Crippen LogP contribution < -0.4 is 4.72 Å². The standard InChI is InChI=1S/C17H15Cl2N3O3S/c1-11-4-2-3-5-14(11)17-21-16(25-22-17)9-20-26(23,24)10-12-6-7-13(18)8-15(12)19/h2-8,20H,9-10H2,1H3. The molecule has 0 unspecified atom stereocenters.